The molecule has 0 amide bonds. The van der Waals surface area contributed by atoms with Crippen LogP contribution < -0.4 is 10.6 Å². The van der Waals surface area contributed by atoms with Gasteiger partial charge in [0.25, 0.3) is 0 Å². The molecule has 5 rings (SSSR count). The van der Waals surface area contributed by atoms with Gasteiger partial charge in [0.2, 0.25) is 5.95 Å². The van der Waals surface area contributed by atoms with E-state index in [9.17, 15) is 18.3 Å². The molecule has 0 spiro atoms. The molecule has 3 heterocycles. The fourth-order valence-corrected chi connectivity index (χ4v) is 3.67. The number of alkyl halides is 3. The zero-order valence-corrected chi connectivity index (χ0v) is 18.8. The van der Waals surface area contributed by atoms with Crippen LogP contribution in [0.15, 0.2) is 73.6 Å². The largest absolute Gasteiger partial charge is 0.416 e. The first-order valence-electron chi connectivity index (χ1n) is 11.0. The second-order valence-electron chi connectivity index (χ2n) is 7.93. The highest BCUT2D eigenvalue weighted by atomic mass is 19.4. The summed E-state index contributed by atoms with van der Waals surface area (Å²) in [7, 11) is 0. The van der Waals surface area contributed by atoms with Gasteiger partial charge in [0.05, 0.1) is 31.4 Å². The van der Waals surface area contributed by atoms with E-state index in [1.807, 2.05) is 35.0 Å². The molecule has 0 aliphatic heterocycles. The van der Waals surface area contributed by atoms with Gasteiger partial charge < -0.3 is 24.9 Å². The number of imidazole rings is 2. The Morgan fingerprint density at radius 3 is 2.39 bits per heavy atom. The Kier molecular flexibility index (Phi) is 6.25. The molecule has 0 atom stereocenters. The number of nitrogens with one attached hydrogen (secondary N) is 2. The topological polar surface area (TPSA) is 106 Å². The molecule has 184 valence electrons. The molecule has 0 aliphatic carbocycles. The Bertz CT molecular complexity index is 1450. The maximum atomic E-state index is 12.9. The van der Waals surface area contributed by atoms with Crippen LogP contribution in [0.3, 0.4) is 0 Å². The molecule has 3 N–H and O–H groups in total. The fourth-order valence-electron chi connectivity index (χ4n) is 3.67. The number of benzene rings is 2. The maximum absolute atomic E-state index is 12.9. The van der Waals surface area contributed by atoms with Gasteiger partial charge in [0, 0.05) is 30.3 Å². The molecule has 0 bridgehead atoms. The summed E-state index contributed by atoms with van der Waals surface area (Å²) >= 11 is 0. The van der Waals surface area contributed by atoms with E-state index >= 15 is 0 Å². The standard InChI is InChI=1S/C24H21F3N8O/c25-24(26,27)17-3-1-16(2-4-17)13-35-15-30-20-21(29-10-12-36)32-23(33-22(20)35)31-18-5-7-19(8-6-18)34-11-9-28-14-34/h1-9,11,14-15,36H,10,12-13H2,(H2,29,31,32,33). The first-order chi connectivity index (χ1) is 17.4. The summed E-state index contributed by atoms with van der Waals surface area (Å²) in [6, 6.07) is 12.6. The van der Waals surface area contributed by atoms with E-state index in [0.717, 1.165) is 23.5 Å². The third-order valence-corrected chi connectivity index (χ3v) is 5.43. The van der Waals surface area contributed by atoms with Crippen LogP contribution >= 0.6 is 0 Å². The molecular formula is C24H21F3N8O. The van der Waals surface area contributed by atoms with Crippen LogP contribution in [0, 0.1) is 0 Å². The Hall–Kier alpha value is -4.45. The highest BCUT2D eigenvalue weighted by Gasteiger charge is 2.30. The van der Waals surface area contributed by atoms with Gasteiger partial charge in [-0.3, -0.25) is 0 Å². The van der Waals surface area contributed by atoms with Crippen LogP contribution in [0.25, 0.3) is 16.9 Å². The van der Waals surface area contributed by atoms with Gasteiger partial charge in [-0.05, 0) is 42.0 Å². The van der Waals surface area contributed by atoms with Gasteiger partial charge in [-0.2, -0.15) is 23.1 Å². The SMILES string of the molecule is OCCNc1nc(Nc2ccc(-n3ccnc3)cc2)nc2c1ncn2Cc1ccc(C(F)(F)F)cc1. The van der Waals surface area contributed by atoms with Gasteiger partial charge in [-0.25, -0.2) is 9.97 Å². The van der Waals surface area contributed by atoms with Crippen molar-refractivity contribution in [3.05, 3.63) is 84.7 Å². The predicted octanol–water partition coefficient (Wildman–Crippen LogP) is 4.23. The molecule has 2 aromatic carbocycles. The summed E-state index contributed by atoms with van der Waals surface area (Å²) in [5.41, 5.74) is 2.62. The van der Waals surface area contributed by atoms with Crippen molar-refractivity contribution in [3.8, 4) is 5.69 Å². The third kappa shape index (κ3) is 4.98. The van der Waals surface area contributed by atoms with Crippen molar-refractivity contribution < 1.29 is 18.3 Å². The molecule has 12 heteroatoms. The summed E-state index contributed by atoms with van der Waals surface area (Å²) in [4.78, 5) is 17.5. The van der Waals surface area contributed by atoms with E-state index in [0.29, 0.717) is 28.5 Å². The monoisotopic (exact) mass is 494 g/mol. The minimum atomic E-state index is -4.39. The number of aliphatic hydroxyl groups excluding tert-OH is 1. The van der Waals surface area contributed by atoms with E-state index in [2.05, 4.69) is 30.6 Å². The molecule has 36 heavy (non-hydrogen) atoms. The minimum Gasteiger partial charge on any atom is -0.395 e. The van der Waals surface area contributed by atoms with Crippen molar-refractivity contribution in [1.29, 1.82) is 0 Å². The Labute approximate surface area is 203 Å². The number of halogens is 3. The first-order valence-corrected chi connectivity index (χ1v) is 11.0. The molecule has 9 nitrogen and oxygen atoms in total. The van der Waals surface area contributed by atoms with Crippen molar-refractivity contribution in [3.63, 3.8) is 0 Å². The molecule has 0 radical (unpaired) electrons. The van der Waals surface area contributed by atoms with E-state index in [1.165, 1.54) is 12.1 Å². The first kappa shape index (κ1) is 23.3. The molecule has 0 fully saturated rings. The lowest BCUT2D eigenvalue weighted by Gasteiger charge is -2.11. The normalized spacial score (nSPS) is 11.7. The zero-order chi connectivity index (χ0) is 25.1. The Balaban J connectivity index is 1.44. The highest BCUT2D eigenvalue weighted by molar-refractivity contribution is 5.84. The van der Waals surface area contributed by atoms with E-state index < -0.39 is 11.7 Å². The van der Waals surface area contributed by atoms with E-state index in [-0.39, 0.29) is 19.7 Å². The quantitative estimate of drug-likeness (QED) is 0.297. The third-order valence-electron chi connectivity index (χ3n) is 5.43. The average Bonchev–Trinajstić information content (AvgIpc) is 3.54. The van der Waals surface area contributed by atoms with Crippen LogP contribution in [0.5, 0.6) is 0 Å². The van der Waals surface area contributed by atoms with Crippen molar-refractivity contribution in [2.45, 2.75) is 12.7 Å². The van der Waals surface area contributed by atoms with Gasteiger partial charge >= 0.3 is 6.18 Å². The molecular weight excluding hydrogens is 473 g/mol. The predicted molar refractivity (Wildman–Crippen MR) is 128 cm³/mol. The number of hydrogen-bond acceptors (Lipinski definition) is 7. The molecule has 0 unspecified atom stereocenters. The van der Waals surface area contributed by atoms with Crippen LogP contribution in [-0.4, -0.2) is 47.3 Å². The lowest BCUT2D eigenvalue weighted by atomic mass is 10.1. The number of fused-ring (bicyclic) bond motifs is 1. The van der Waals surface area contributed by atoms with E-state index in [1.54, 1.807) is 23.4 Å². The van der Waals surface area contributed by atoms with Crippen LogP contribution in [0.1, 0.15) is 11.1 Å². The van der Waals surface area contributed by atoms with E-state index in [4.69, 9.17) is 0 Å². The van der Waals surface area contributed by atoms with Crippen molar-refractivity contribution in [2.24, 2.45) is 0 Å². The van der Waals surface area contributed by atoms with Crippen molar-refractivity contribution >= 4 is 28.6 Å². The van der Waals surface area contributed by atoms with Gasteiger partial charge in [0.1, 0.15) is 0 Å². The molecule has 3 aromatic heterocycles. The van der Waals surface area contributed by atoms with Gasteiger partial charge in [-0.15, -0.1) is 0 Å². The lowest BCUT2D eigenvalue weighted by molar-refractivity contribution is -0.137. The van der Waals surface area contributed by atoms with Crippen LogP contribution in [0.4, 0.5) is 30.6 Å². The number of anilines is 3. The number of aliphatic hydroxyl groups is 1. The Morgan fingerprint density at radius 2 is 1.72 bits per heavy atom. The summed E-state index contributed by atoms with van der Waals surface area (Å²) in [6.45, 7) is 0.428. The molecule has 0 saturated heterocycles. The second-order valence-corrected chi connectivity index (χ2v) is 7.93. The van der Waals surface area contributed by atoms with Crippen molar-refractivity contribution in [2.75, 3.05) is 23.8 Å². The Morgan fingerprint density at radius 1 is 0.944 bits per heavy atom. The lowest BCUT2D eigenvalue weighted by Crippen LogP contribution is -2.10. The second kappa shape index (κ2) is 9.66. The smallest absolute Gasteiger partial charge is 0.395 e. The number of hydrogen-bond donors (Lipinski definition) is 3. The number of rotatable bonds is 8. The van der Waals surface area contributed by atoms with Crippen molar-refractivity contribution in [1.82, 2.24) is 29.1 Å². The highest BCUT2D eigenvalue weighted by Crippen LogP contribution is 2.29. The molecule has 5 aromatic rings. The molecule has 0 aliphatic rings. The molecule has 0 saturated carbocycles. The number of nitrogens with zero attached hydrogens (tertiary/aromatic N) is 6. The summed E-state index contributed by atoms with van der Waals surface area (Å²) in [5, 5.41) is 15.5. The van der Waals surface area contributed by atoms with Crippen LogP contribution in [-0.2, 0) is 12.7 Å². The fraction of sp³-hybridized carbons (Fsp3) is 0.167. The van der Waals surface area contributed by atoms with Gasteiger partial charge in [-0.1, -0.05) is 12.1 Å². The summed E-state index contributed by atoms with van der Waals surface area (Å²) in [6.07, 6.45) is 2.42. The van der Waals surface area contributed by atoms with Gasteiger partial charge in [0.15, 0.2) is 17.0 Å². The average molecular weight is 494 g/mol. The van der Waals surface area contributed by atoms with Crippen LogP contribution in [0.2, 0.25) is 0 Å². The summed E-state index contributed by atoms with van der Waals surface area (Å²) in [5.74, 6) is 0.727. The minimum absolute atomic E-state index is 0.101. The number of aromatic nitrogens is 6. The summed E-state index contributed by atoms with van der Waals surface area (Å²) < 4.78 is 42.3. The zero-order valence-electron chi connectivity index (χ0n) is 18.8. The maximum Gasteiger partial charge on any atom is 0.416 e.